The molecular weight excluding hydrogens is 404 g/mol. The number of ether oxygens (including phenoxy) is 1. The first kappa shape index (κ1) is 20.5. The number of benzene rings is 4. The summed E-state index contributed by atoms with van der Waals surface area (Å²) in [6.45, 7) is 2.05. The Bertz CT molecular complexity index is 1310. The van der Waals surface area contributed by atoms with Crippen LogP contribution in [0, 0.1) is 35.1 Å². The third-order valence-corrected chi connectivity index (χ3v) is 4.73. The third kappa shape index (κ3) is 4.39. The molecule has 0 aromatic heterocycles. The van der Waals surface area contributed by atoms with Crippen LogP contribution >= 0.6 is 0 Å². The number of fused-ring (bicyclic) bond motifs is 1. The van der Waals surface area contributed by atoms with Crippen LogP contribution in [0.5, 0.6) is 5.75 Å². The molecular formula is C26H16F4O. The maximum Gasteiger partial charge on any atom is 0.159 e. The lowest BCUT2D eigenvalue weighted by Gasteiger charge is -2.09. The molecule has 0 amide bonds. The van der Waals surface area contributed by atoms with E-state index in [2.05, 4.69) is 11.8 Å². The van der Waals surface area contributed by atoms with Gasteiger partial charge in [0, 0.05) is 23.3 Å². The molecule has 0 aliphatic heterocycles. The Morgan fingerprint density at radius 3 is 1.87 bits per heavy atom. The molecule has 0 saturated carbocycles. The van der Waals surface area contributed by atoms with Gasteiger partial charge in [-0.2, -0.15) is 0 Å². The predicted molar refractivity (Wildman–Crippen MR) is 113 cm³/mol. The van der Waals surface area contributed by atoms with Crippen molar-refractivity contribution in [2.24, 2.45) is 0 Å². The minimum Gasteiger partial charge on any atom is -0.494 e. The summed E-state index contributed by atoms with van der Waals surface area (Å²) in [5.74, 6) is 2.84. The van der Waals surface area contributed by atoms with E-state index in [9.17, 15) is 17.6 Å². The fraction of sp³-hybridized carbons (Fsp3) is 0.0769. The summed E-state index contributed by atoms with van der Waals surface area (Å²) in [4.78, 5) is 0. The lowest BCUT2D eigenvalue weighted by Crippen LogP contribution is -1.96. The van der Waals surface area contributed by atoms with E-state index < -0.39 is 23.3 Å². The largest absolute Gasteiger partial charge is 0.494 e. The highest BCUT2D eigenvalue weighted by molar-refractivity contribution is 5.84. The summed E-state index contributed by atoms with van der Waals surface area (Å²) in [5.41, 5.74) is 1.52. The van der Waals surface area contributed by atoms with Crippen molar-refractivity contribution in [1.82, 2.24) is 0 Å². The Labute approximate surface area is 176 Å². The van der Waals surface area contributed by atoms with Crippen molar-refractivity contribution in [3.05, 3.63) is 101 Å². The van der Waals surface area contributed by atoms with Crippen LogP contribution in [-0.4, -0.2) is 6.61 Å². The molecule has 5 heteroatoms. The van der Waals surface area contributed by atoms with Crippen LogP contribution in [0.4, 0.5) is 17.6 Å². The van der Waals surface area contributed by atoms with Gasteiger partial charge in [-0.05, 0) is 59.7 Å². The topological polar surface area (TPSA) is 9.23 Å². The minimum absolute atomic E-state index is 0.133. The maximum absolute atomic E-state index is 14.4. The lowest BCUT2D eigenvalue weighted by molar-refractivity contribution is 0.336. The van der Waals surface area contributed by atoms with Crippen molar-refractivity contribution < 1.29 is 22.3 Å². The van der Waals surface area contributed by atoms with Gasteiger partial charge in [0.2, 0.25) is 0 Å². The number of hydrogen-bond donors (Lipinski definition) is 0. The monoisotopic (exact) mass is 420 g/mol. The average Bonchev–Trinajstić information content (AvgIpc) is 2.74. The van der Waals surface area contributed by atoms with E-state index in [-0.39, 0.29) is 11.3 Å². The van der Waals surface area contributed by atoms with Crippen LogP contribution in [0.3, 0.4) is 0 Å². The zero-order valence-electron chi connectivity index (χ0n) is 16.5. The molecule has 0 aliphatic rings. The molecule has 0 radical (unpaired) electrons. The van der Waals surface area contributed by atoms with Gasteiger partial charge in [-0.25, -0.2) is 17.6 Å². The van der Waals surface area contributed by atoms with Gasteiger partial charge in [0.25, 0.3) is 0 Å². The van der Waals surface area contributed by atoms with Crippen LogP contribution in [0.15, 0.2) is 66.7 Å². The van der Waals surface area contributed by atoms with E-state index in [1.165, 1.54) is 0 Å². The zero-order valence-corrected chi connectivity index (χ0v) is 16.5. The Balaban J connectivity index is 1.60. The Hall–Kier alpha value is -3.78. The lowest BCUT2D eigenvalue weighted by atomic mass is 10.0. The molecule has 4 aromatic carbocycles. The molecule has 0 unspecified atom stereocenters. The highest BCUT2D eigenvalue weighted by Crippen LogP contribution is 2.30. The molecule has 4 rings (SSSR count). The number of halogens is 4. The van der Waals surface area contributed by atoms with Crippen molar-refractivity contribution in [2.75, 3.05) is 6.61 Å². The van der Waals surface area contributed by atoms with Crippen LogP contribution in [-0.2, 0) is 0 Å². The summed E-state index contributed by atoms with van der Waals surface area (Å²) in [7, 11) is 0. The van der Waals surface area contributed by atoms with E-state index in [0.717, 1.165) is 24.3 Å². The molecule has 0 N–H and O–H groups in total. The van der Waals surface area contributed by atoms with Crippen molar-refractivity contribution in [2.45, 2.75) is 6.92 Å². The molecule has 0 heterocycles. The van der Waals surface area contributed by atoms with Crippen molar-refractivity contribution in [1.29, 1.82) is 0 Å². The summed E-state index contributed by atoms with van der Waals surface area (Å²) in [6, 6.07) is 16.1. The van der Waals surface area contributed by atoms with E-state index in [1.54, 1.807) is 49.4 Å². The van der Waals surface area contributed by atoms with Gasteiger partial charge in [0.1, 0.15) is 17.4 Å². The highest BCUT2D eigenvalue weighted by Gasteiger charge is 2.14. The Morgan fingerprint density at radius 1 is 0.645 bits per heavy atom. The highest BCUT2D eigenvalue weighted by atomic mass is 19.2. The van der Waals surface area contributed by atoms with Gasteiger partial charge >= 0.3 is 0 Å². The standard InChI is InChI=1S/C26H16F4O/c1-2-31-21-14-24(29)26(25(30)15-21)18-8-5-16(6-9-18)3-4-17-7-10-19-12-22(27)23(28)13-20(19)11-17/h5-15H,2H2,1H3. The predicted octanol–water partition coefficient (Wildman–Crippen LogP) is 6.86. The van der Waals surface area contributed by atoms with Crippen LogP contribution in [0.25, 0.3) is 21.9 Å². The van der Waals surface area contributed by atoms with Gasteiger partial charge in [0.05, 0.1) is 12.2 Å². The molecule has 0 aliphatic carbocycles. The first-order valence-corrected chi connectivity index (χ1v) is 9.57. The Morgan fingerprint density at radius 2 is 1.23 bits per heavy atom. The molecule has 0 bridgehead atoms. The van der Waals surface area contributed by atoms with Gasteiger partial charge in [-0.1, -0.05) is 30.0 Å². The van der Waals surface area contributed by atoms with Crippen molar-refractivity contribution in [3.63, 3.8) is 0 Å². The van der Waals surface area contributed by atoms with Crippen molar-refractivity contribution >= 4 is 10.8 Å². The average molecular weight is 420 g/mol. The summed E-state index contributed by atoms with van der Waals surface area (Å²) in [5, 5.41) is 1.12. The fourth-order valence-corrected chi connectivity index (χ4v) is 3.26. The molecule has 0 fully saturated rings. The normalized spacial score (nSPS) is 10.6. The van der Waals surface area contributed by atoms with E-state index in [1.807, 2.05) is 0 Å². The van der Waals surface area contributed by atoms with Gasteiger partial charge in [-0.15, -0.1) is 0 Å². The fourth-order valence-electron chi connectivity index (χ4n) is 3.26. The summed E-state index contributed by atoms with van der Waals surface area (Å²) in [6.07, 6.45) is 0. The van der Waals surface area contributed by atoms with Gasteiger partial charge in [-0.3, -0.25) is 0 Å². The second-order valence-corrected chi connectivity index (χ2v) is 6.85. The quantitative estimate of drug-likeness (QED) is 0.260. The van der Waals surface area contributed by atoms with E-state index >= 15 is 0 Å². The van der Waals surface area contributed by atoms with E-state index in [4.69, 9.17) is 4.74 Å². The summed E-state index contributed by atoms with van der Waals surface area (Å²) < 4.78 is 60.7. The molecule has 154 valence electrons. The van der Waals surface area contributed by atoms with Crippen LogP contribution in [0.1, 0.15) is 18.1 Å². The molecule has 31 heavy (non-hydrogen) atoms. The second-order valence-electron chi connectivity index (χ2n) is 6.85. The molecule has 4 aromatic rings. The van der Waals surface area contributed by atoms with Gasteiger partial charge in [0.15, 0.2) is 11.6 Å². The van der Waals surface area contributed by atoms with Crippen LogP contribution in [0.2, 0.25) is 0 Å². The van der Waals surface area contributed by atoms with Crippen molar-refractivity contribution in [3.8, 4) is 28.7 Å². The zero-order chi connectivity index (χ0) is 22.0. The molecule has 0 saturated heterocycles. The second kappa shape index (κ2) is 8.53. The van der Waals surface area contributed by atoms with E-state index in [0.29, 0.717) is 34.1 Å². The first-order chi connectivity index (χ1) is 14.9. The molecule has 0 spiro atoms. The minimum atomic E-state index is -0.915. The molecule has 1 nitrogen and oxygen atoms in total. The first-order valence-electron chi connectivity index (χ1n) is 9.57. The smallest absolute Gasteiger partial charge is 0.159 e. The molecule has 0 atom stereocenters. The third-order valence-electron chi connectivity index (χ3n) is 4.73. The maximum atomic E-state index is 14.4. The SMILES string of the molecule is CCOc1cc(F)c(-c2ccc(C#Cc3ccc4cc(F)c(F)cc4c3)cc2)c(F)c1. The van der Waals surface area contributed by atoms with Crippen LogP contribution < -0.4 is 4.74 Å². The number of hydrogen-bond acceptors (Lipinski definition) is 1. The summed E-state index contributed by atoms with van der Waals surface area (Å²) >= 11 is 0. The van der Waals surface area contributed by atoms with Gasteiger partial charge < -0.3 is 4.74 Å². The Kier molecular flexibility index (Phi) is 5.64. The number of rotatable bonds is 3.